The first-order chi connectivity index (χ1) is 17.1. The molecule has 0 bridgehead atoms. The van der Waals surface area contributed by atoms with Crippen LogP contribution < -0.4 is 4.74 Å². The van der Waals surface area contributed by atoms with Crippen LogP contribution in [0.1, 0.15) is 36.6 Å². The van der Waals surface area contributed by atoms with E-state index in [0.29, 0.717) is 12.5 Å². The summed E-state index contributed by atoms with van der Waals surface area (Å²) >= 11 is 0. The molecule has 6 rings (SSSR count). The lowest BCUT2D eigenvalue weighted by Crippen LogP contribution is -2.41. The molecule has 0 amide bonds. The number of halogens is 1. The Bertz CT molecular complexity index is 1480. The van der Waals surface area contributed by atoms with Crippen LogP contribution in [0.3, 0.4) is 0 Å². The average Bonchev–Trinajstić information content (AvgIpc) is 3.41. The summed E-state index contributed by atoms with van der Waals surface area (Å²) in [6.07, 6.45) is 3.96. The van der Waals surface area contributed by atoms with Crippen molar-refractivity contribution in [3.8, 4) is 17.0 Å². The van der Waals surface area contributed by atoms with Crippen molar-refractivity contribution >= 4 is 10.9 Å². The van der Waals surface area contributed by atoms with Crippen molar-refractivity contribution < 1.29 is 9.13 Å². The van der Waals surface area contributed by atoms with Crippen molar-refractivity contribution in [2.24, 2.45) is 5.92 Å². The lowest BCUT2D eigenvalue weighted by atomic mass is 9.55. The highest BCUT2D eigenvalue weighted by Gasteiger charge is 2.46. The van der Waals surface area contributed by atoms with Crippen molar-refractivity contribution in [1.82, 2.24) is 20.4 Å². The number of H-pyrrole nitrogens is 1. The molecule has 1 N–H and O–H groups in total. The summed E-state index contributed by atoms with van der Waals surface area (Å²) in [6, 6.07) is 25.3. The molecule has 2 heterocycles. The Balaban J connectivity index is 1.36. The number of rotatable bonds is 6. The second kappa shape index (κ2) is 8.62. The van der Waals surface area contributed by atoms with Gasteiger partial charge >= 0.3 is 0 Å². The second-order valence-electron chi connectivity index (χ2n) is 9.46. The zero-order chi connectivity index (χ0) is 23.8. The van der Waals surface area contributed by atoms with Gasteiger partial charge in [0.15, 0.2) is 0 Å². The summed E-state index contributed by atoms with van der Waals surface area (Å²) in [5, 5.41) is 11.9. The number of nitrogens with zero attached hydrogens (tertiary/aromatic N) is 3. The first kappa shape index (κ1) is 21.5. The number of hydrogen-bond acceptors (Lipinski definition) is 4. The smallest absolute Gasteiger partial charge is 0.130 e. The number of pyridine rings is 1. The standard InChI is InChI=1S/C29H25FN4O/c1-19-15-29(16-19,21-5-3-2-4-6-21)26-14-24(10-11-25(26)28-17-31-34-33-28)35-18-23-9-7-20-13-22(30)8-12-27(20)32-23/h2-14,17,19H,15-16,18H2,1H3,(H,31,33,34). The van der Waals surface area contributed by atoms with E-state index in [4.69, 9.17) is 4.74 Å². The molecule has 1 saturated carbocycles. The van der Waals surface area contributed by atoms with Gasteiger partial charge < -0.3 is 4.74 Å². The minimum absolute atomic E-state index is 0.0976. The Morgan fingerprint density at radius 1 is 1.00 bits per heavy atom. The van der Waals surface area contributed by atoms with Crippen LogP contribution >= 0.6 is 0 Å². The summed E-state index contributed by atoms with van der Waals surface area (Å²) in [5.41, 5.74) is 5.85. The van der Waals surface area contributed by atoms with Gasteiger partial charge in [-0.1, -0.05) is 48.5 Å². The van der Waals surface area contributed by atoms with Crippen molar-refractivity contribution in [1.29, 1.82) is 0 Å². The molecule has 6 heteroatoms. The van der Waals surface area contributed by atoms with Crippen LogP contribution in [0.2, 0.25) is 0 Å². The SMILES string of the molecule is CC1CC(c2ccccc2)(c2cc(OCc3ccc4cc(F)ccc4n3)ccc2-c2c[nH]nn2)C1. The maximum atomic E-state index is 13.5. The number of aromatic nitrogens is 4. The van der Waals surface area contributed by atoms with Crippen molar-refractivity contribution in [2.45, 2.75) is 31.8 Å². The summed E-state index contributed by atoms with van der Waals surface area (Å²) < 4.78 is 19.7. The van der Waals surface area contributed by atoms with Gasteiger partial charge in [0.1, 0.15) is 23.9 Å². The molecule has 0 spiro atoms. The molecule has 1 aliphatic carbocycles. The number of ether oxygens (including phenoxy) is 1. The topological polar surface area (TPSA) is 63.7 Å². The average molecular weight is 465 g/mol. The van der Waals surface area contributed by atoms with Crippen molar-refractivity contribution in [3.63, 3.8) is 0 Å². The zero-order valence-corrected chi connectivity index (χ0v) is 19.4. The lowest BCUT2D eigenvalue weighted by molar-refractivity contribution is 0.200. The highest BCUT2D eigenvalue weighted by Crippen LogP contribution is 2.54. The fourth-order valence-corrected chi connectivity index (χ4v) is 5.44. The molecule has 0 radical (unpaired) electrons. The Morgan fingerprint density at radius 3 is 2.63 bits per heavy atom. The first-order valence-corrected chi connectivity index (χ1v) is 11.9. The van der Waals surface area contributed by atoms with Gasteiger partial charge in [-0.05, 0) is 72.4 Å². The quantitative estimate of drug-likeness (QED) is 0.313. The minimum Gasteiger partial charge on any atom is -0.487 e. The third-order valence-corrected chi connectivity index (χ3v) is 7.02. The Labute approximate surface area is 203 Å². The molecule has 1 fully saturated rings. The molecule has 35 heavy (non-hydrogen) atoms. The number of hydrogen-bond donors (Lipinski definition) is 1. The van der Waals surface area contributed by atoms with Crippen LogP contribution in [-0.2, 0) is 12.0 Å². The maximum absolute atomic E-state index is 13.5. The fraction of sp³-hybridized carbons (Fsp3) is 0.207. The molecule has 1 aliphatic rings. The van der Waals surface area contributed by atoms with E-state index in [9.17, 15) is 4.39 Å². The van der Waals surface area contributed by atoms with E-state index in [1.54, 1.807) is 6.07 Å². The van der Waals surface area contributed by atoms with E-state index in [0.717, 1.165) is 46.4 Å². The minimum atomic E-state index is -0.263. The molecule has 0 saturated heterocycles. The molecule has 174 valence electrons. The van der Waals surface area contributed by atoms with E-state index >= 15 is 0 Å². The largest absolute Gasteiger partial charge is 0.487 e. The number of nitrogens with one attached hydrogen (secondary N) is 1. The lowest BCUT2D eigenvalue weighted by Gasteiger charge is -2.48. The number of aromatic amines is 1. The summed E-state index contributed by atoms with van der Waals surface area (Å²) in [7, 11) is 0. The Hall–Kier alpha value is -4.06. The third-order valence-electron chi connectivity index (χ3n) is 7.02. The normalized spacial score (nSPS) is 19.4. The second-order valence-corrected chi connectivity index (χ2v) is 9.46. The van der Waals surface area contributed by atoms with Crippen LogP contribution in [0.15, 0.2) is 85.1 Å². The summed E-state index contributed by atoms with van der Waals surface area (Å²) in [5.74, 6) is 1.15. The molecule has 0 atom stereocenters. The summed E-state index contributed by atoms with van der Waals surface area (Å²) in [6.45, 7) is 2.62. The monoisotopic (exact) mass is 464 g/mol. The van der Waals surface area contributed by atoms with Crippen molar-refractivity contribution in [3.05, 3.63) is 108 Å². The van der Waals surface area contributed by atoms with E-state index in [2.05, 4.69) is 69.8 Å². The highest BCUT2D eigenvalue weighted by molar-refractivity contribution is 5.78. The molecule has 3 aromatic carbocycles. The van der Waals surface area contributed by atoms with Crippen LogP contribution in [-0.4, -0.2) is 20.4 Å². The maximum Gasteiger partial charge on any atom is 0.130 e. The van der Waals surface area contributed by atoms with E-state index < -0.39 is 0 Å². The predicted molar refractivity (Wildman–Crippen MR) is 133 cm³/mol. The molecule has 0 unspecified atom stereocenters. The predicted octanol–water partition coefficient (Wildman–Crippen LogP) is 6.45. The first-order valence-electron chi connectivity index (χ1n) is 11.9. The van der Waals surface area contributed by atoms with Gasteiger partial charge in [-0.15, -0.1) is 5.10 Å². The molecular formula is C29H25FN4O. The molecular weight excluding hydrogens is 439 g/mol. The molecule has 0 aliphatic heterocycles. The Kier molecular flexibility index (Phi) is 5.29. The van der Waals surface area contributed by atoms with E-state index in [-0.39, 0.29) is 11.2 Å². The van der Waals surface area contributed by atoms with Gasteiger partial charge in [-0.25, -0.2) is 9.37 Å². The van der Waals surface area contributed by atoms with E-state index in [1.807, 2.05) is 24.4 Å². The third kappa shape index (κ3) is 3.95. The summed E-state index contributed by atoms with van der Waals surface area (Å²) in [4.78, 5) is 4.63. The number of benzene rings is 3. The van der Waals surface area contributed by atoms with Crippen LogP contribution in [0.5, 0.6) is 5.75 Å². The number of fused-ring (bicyclic) bond motifs is 1. The van der Waals surface area contributed by atoms with Crippen LogP contribution in [0.25, 0.3) is 22.2 Å². The zero-order valence-electron chi connectivity index (χ0n) is 19.4. The fourth-order valence-electron chi connectivity index (χ4n) is 5.44. The van der Waals surface area contributed by atoms with Gasteiger partial charge in [0.05, 0.1) is 11.2 Å². The van der Waals surface area contributed by atoms with Gasteiger partial charge in [-0.3, -0.25) is 5.10 Å². The van der Waals surface area contributed by atoms with Crippen LogP contribution in [0.4, 0.5) is 4.39 Å². The molecule has 2 aromatic heterocycles. The van der Waals surface area contributed by atoms with Gasteiger partial charge in [0.2, 0.25) is 0 Å². The van der Waals surface area contributed by atoms with Gasteiger partial charge in [-0.2, -0.15) is 0 Å². The van der Waals surface area contributed by atoms with E-state index in [1.165, 1.54) is 23.3 Å². The van der Waals surface area contributed by atoms with Crippen LogP contribution in [0, 0.1) is 11.7 Å². The Morgan fingerprint density at radius 2 is 1.86 bits per heavy atom. The van der Waals surface area contributed by atoms with Gasteiger partial charge in [0, 0.05) is 22.6 Å². The van der Waals surface area contributed by atoms with Crippen molar-refractivity contribution in [2.75, 3.05) is 0 Å². The molecule has 5 nitrogen and oxygen atoms in total. The molecule has 5 aromatic rings. The van der Waals surface area contributed by atoms with Gasteiger partial charge in [0.25, 0.3) is 0 Å². The highest BCUT2D eigenvalue weighted by atomic mass is 19.1.